The fraction of sp³-hybridized carbons (Fsp3) is 0.800. The predicted molar refractivity (Wildman–Crippen MR) is 52.5 cm³/mol. The fourth-order valence-electron chi connectivity index (χ4n) is 1.72. The Morgan fingerprint density at radius 1 is 1.28 bits per heavy atom. The zero-order valence-electron chi connectivity index (χ0n) is 9.79. The number of hydrogen-bond donors (Lipinski definition) is 1. The van der Waals surface area contributed by atoms with Crippen molar-refractivity contribution in [1.29, 1.82) is 0 Å². The molecule has 8 heteroatoms. The number of amides is 1. The normalized spacial score (nSPS) is 25.3. The summed E-state index contributed by atoms with van der Waals surface area (Å²) in [6.45, 7) is 0.689. The molecule has 18 heavy (non-hydrogen) atoms. The van der Waals surface area contributed by atoms with Crippen LogP contribution in [0.25, 0.3) is 0 Å². The summed E-state index contributed by atoms with van der Waals surface area (Å²) in [5, 5.41) is 8.78. The van der Waals surface area contributed by atoms with E-state index in [4.69, 9.17) is 5.11 Å². The van der Waals surface area contributed by atoms with Crippen LogP contribution in [0.5, 0.6) is 0 Å². The molecule has 1 aliphatic rings. The van der Waals surface area contributed by atoms with E-state index in [2.05, 4.69) is 0 Å². The predicted octanol–water partition coefficient (Wildman–Crippen LogP) is 1.60. The van der Waals surface area contributed by atoms with E-state index in [0.717, 1.165) is 0 Å². The quantitative estimate of drug-likeness (QED) is 0.776. The van der Waals surface area contributed by atoms with Crippen LogP contribution in [0.1, 0.15) is 20.3 Å². The first-order valence-corrected chi connectivity index (χ1v) is 5.23. The Labute approximate surface area is 101 Å². The number of likely N-dealkylation sites (tertiary alicyclic amines) is 1. The summed E-state index contributed by atoms with van der Waals surface area (Å²) >= 11 is 0. The Kier molecular flexibility index (Phi) is 3.60. The topological polar surface area (TPSA) is 57.6 Å². The van der Waals surface area contributed by atoms with Crippen LogP contribution in [0.4, 0.5) is 17.6 Å². The van der Waals surface area contributed by atoms with Crippen LogP contribution in [0.15, 0.2) is 0 Å². The first kappa shape index (κ1) is 14.7. The highest BCUT2D eigenvalue weighted by atomic mass is 19.4. The van der Waals surface area contributed by atoms with E-state index in [0.29, 0.717) is 18.7 Å². The Morgan fingerprint density at radius 3 is 2.17 bits per heavy atom. The molecule has 0 aromatic heterocycles. The van der Waals surface area contributed by atoms with Gasteiger partial charge < -0.3 is 10.0 Å². The molecule has 1 fully saturated rings. The SMILES string of the molecule is CC(C)(C(=O)N1C[C@H](F)C[C@H]1C(=O)O)C(F)(F)F. The second-order valence-electron chi connectivity index (χ2n) is 4.77. The first-order valence-electron chi connectivity index (χ1n) is 5.23. The Hall–Kier alpha value is -1.34. The second kappa shape index (κ2) is 4.40. The number of carbonyl (C=O) groups is 2. The van der Waals surface area contributed by atoms with E-state index < -0.39 is 48.6 Å². The number of aliphatic carboxylic acids is 1. The summed E-state index contributed by atoms with van der Waals surface area (Å²) in [5.74, 6) is -2.91. The lowest BCUT2D eigenvalue weighted by molar-refractivity contribution is -0.218. The lowest BCUT2D eigenvalue weighted by Crippen LogP contribution is -2.52. The van der Waals surface area contributed by atoms with E-state index in [1.54, 1.807) is 0 Å². The van der Waals surface area contributed by atoms with Crippen LogP contribution >= 0.6 is 0 Å². The Morgan fingerprint density at radius 2 is 1.78 bits per heavy atom. The number of halogens is 4. The van der Waals surface area contributed by atoms with Crippen molar-refractivity contribution < 1.29 is 32.3 Å². The molecule has 0 saturated carbocycles. The molecule has 104 valence electrons. The van der Waals surface area contributed by atoms with E-state index in [1.165, 1.54) is 0 Å². The molecule has 4 nitrogen and oxygen atoms in total. The summed E-state index contributed by atoms with van der Waals surface area (Å²) in [6.07, 6.45) is -6.91. The molecule has 0 bridgehead atoms. The second-order valence-corrected chi connectivity index (χ2v) is 4.77. The lowest BCUT2D eigenvalue weighted by atomic mass is 9.90. The van der Waals surface area contributed by atoms with Gasteiger partial charge >= 0.3 is 12.1 Å². The van der Waals surface area contributed by atoms with Gasteiger partial charge in [-0.2, -0.15) is 13.2 Å². The smallest absolute Gasteiger partial charge is 0.402 e. The van der Waals surface area contributed by atoms with Crippen LogP contribution in [0.3, 0.4) is 0 Å². The van der Waals surface area contributed by atoms with Gasteiger partial charge in [0.05, 0.1) is 6.54 Å². The molecule has 1 aliphatic heterocycles. The molecule has 1 heterocycles. The third-order valence-corrected chi connectivity index (χ3v) is 3.04. The fourth-order valence-corrected chi connectivity index (χ4v) is 1.72. The maximum atomic E-state index is 13.1. The van der Waals surface area contributed by atoms with E-state index in [1.807, 2.05) is 0 Å². The van der Waals surface area contributed by atoms with E-state index in [-0.39, 0.29) is 0 Å². The van der Waals surface area contributed by atoms with Gasteiger partial charge in [-0.25, -0.2) is 9.18 Å². The highest BCUT2D eigenvalue weighted by Gasteiger charge is 2.57. The van der Waals surface area contributed by atoms with Gasteiger partial charge in [-0.1, -0.05) is 0 Å². The number of carboxylic acids is 1. The van der Waals surface area contributed by atoms with Crippen LogP contribution < -0.4 is 0 Å². The van der Waals surface area contributed by atoms with Crippen molar-refractivity contribution in [1.82, 2.24) is 4.90 Å². The number of carboxylic acid groups (broad SMARTS) is 1. The van der Waals surface area contributed by atoms with Gasteiger partial charge in [0.25, 0.3) is 0 Å². The van der Waals surface area contributed by atoms with Crippen LogP contribution in [0, 0.1) is 5.41 Å². The van der Waals surface area contributed by atoms with Gasteiger partial charge in [0, 0.05) is 6.42 Å². The standard InChI is InChI=1S/C10H13F4NO3/c1-9(2,10(12,13)14)8(18)15-4-5(11)3-6(15)7(16)17/h5-6H,3-4H2,1-2H3,(H,16,17)/t5-,6+/m1/s1. The summed E-state index contributed by atoms with van der Waals surface area (Å²) in [7, 11) is 0. The zero-order chi connectivity index (χ0) is 14.3. The summed E-state index contributed by atoms with van der Waals surface area (Å²) in [5.41, 5.74) is -2.73. The summed E-state index contributed by atoms with van der Waals surface area (Å²) in [4.78, 5) is 23.0. The highest BCUT2D eigenvalue weighted by Crippen LogP contribution is 2.40. The Balaban J connectivity index is 3.00. The molecule has 1 saturated heterocycles. The van der Waals surface area contributed by atoms with Crippen molar-refractivity contribution in [2.75, 3.05) is 6.54 Å². The zero-order valence-corrected chi connectivity index (χ0v) is 9.79. The van der Waals surface area contributed by atoms with Gasteiger partial charge in [-0.05, 0) is 13.8 Å². The third-order valence-electron chi connectivity index (χ3n) is 3.04. The molecule has 0 unspecified atom stereocenters. The third kappa shape index (κ3) is 2.41. The molecule has 1 amide bonds. The van der Waals surface area contributed by atoms with E-state index in [9.17, 15) is 27.2 Å². The van der Waals surface area contributed by atoms with Crippen molar-refractivity contribution in [2.24, 2.45) is 5.41 Å². The monoisotopic (exact) mass is 271 g/mol. The molecule has 2 atom stereocenters. The van der Waals surface area contributed by atoms with Crippen molar-refractivity contribution in [2.45, 2.75) is 38.7 Å². The van der Waals surface area contributed by atoms with Crippen molar-refractivity contribution in [3.8, 4) is 0 Å². The average Bonchev–Trinajstić information content (AvgIpc) is 2.57. The molecule has 1 rings (SSSR count). The number of hydrogen-bond acceptors (Lipinski definition) is 2. The molecule has 0 aromatic carbocycles. The molecular formula is C10H13F4NO3. The minimum absolute atomic E-state index is 0.459. The first-order chi connectivity index (χ1) is 7.98. The van der Waals surface area contributed by atoms with Crippen molar-refractivity contribution >= 4 is 11.9 Å². The van der Waals surface area contributed by atoms with Crippen molar-refractivity contribution in [3.05, 3.63) is 0 Å². The minimum atomic E-state index is -4.82. The van der Waals surface area contributed by atoms with Gasteiger partial charge in [0.15, 0.2) is 0 Å². The number of nitrogens with zero attached hydrogens (tertiary/aromatic N) is 1. The van der Waals surface area contributed by atoms with Crippen molar-refractivity contribution in [3.63, 3.8) is 0 Å². The number of carbonyl (C=O) groups excluding carboxylic acids is 1. The molecular weight excluding hydrogens is 258 g/mol. The lowest BCUT2D eigenvalue weighted by Gasteiger charge is -2.32. The van der Waals surface area contributed by atoms with Gasteiger partial charge in [0.1, 0.15) is 17.6 Å². The maximum absolute atomic E-state index is 13.1. The van der Waals surface area contributed by atoms with Crippen LogP contribution in [0.2, 0.25) is 0 Å². The molecule has 0 aromatic rings. The number of rotatable bonds is 2. The van der Waals surface area contributed by atoms with Gasteiger partial charge in [0.2, 0.25) is 5.91 Å². The average molecular weight is 271 g/mol. The van der Waals surface area contributed by atoms with Gasteiger partial charge in [-0.15, -0.1) is 0 Å². The highest BCUT2D eigenvalue weighted by molar-refractivity contribution is 5.88. The summed E-state index contributed by atoms with van der Waals surface area (Å²) < 4.78 is 51.1. The number of alkyl halides is 4. The van der Waals surface area contributed by atoms with Crippen LogP contribution in [-0.4, -0.2) is 46.8 Å². The van der Waals surface area contributed by atoms with Gasteiger partial charge in [-0.3, -0.25) is 4.79 Å². The van der Waals surface area contributed by atoms with Crippen LogP contribution in [-0.2, 0) is 9.59 Å². The maximum Gasteiger partial charge on any atom is 0.402 e. The van der Waals surface area contributed by atoms with E-state index >= 15 is 0 Å². The molecule has 1 N–H and O–H groups in total. The molecule has 0 aliphatic carbocycles. The molecule has 0 radical (unpaired) electrons. The largest absolute Gasteiger partial charge is 0.480 e. The molecule has 0 spiro atoms. The Bertz CT molecular complexity index is 367. The summed E-state index contributed by atoms with van der Waals surface area (Å²) in [6, 6.07) is -1.53. The minimum Gasteiger partial charge on any atom is -0.480 e.